The Morgan fingerprint density at radius 1 is 1.64 bits per heavy atom. The van der Waals surface area contributed by atoms with E-state index in [-0.39, 0.29) is 9.83 Å². The SMILES string of the molecule is CNC(CCCCN)C(=O)I. The summed E-state index contributed by atoms with van der Waals surface area (Å²) in [5.74, 6) is 0. The van der Waals surface area contributed by atoms with Crippen LogP contribution in [0.1, 0.15) is 19.3 Å². The fraction of sp³-hybridized carbons (Fsp3) is 0.857. The Hall–Kier alpha value is 0.320. The van der Waals surface area contributed by atoms with Crippen LogP contribution in [0.2, 0.25) is 0 Å². The molecule has 0 aliphatic carbocycles. The van der Waals surface area contributed by atoms with Crippen LogP contribution >= 0.6 is 22.6 Å². The molecule has 11 heavy (non-hydrogen) atoms. The summed E-state index contributed by atoms with van der Waals surface area (Å²) in [6, 6.07) is 0.0159. The van der Waals surface area contributed by atoms with E-state index >= 15 is 0 Å². The van der Waals surface area contributed by atoms with Crippen molar-refractivity contribution < 1.29 is 4.79 Å². The van der Waals surface area contributed by atoms with Crippen LogP contribution in [0.4, 0.5) is 0 Å². The lowest BCUT2D eigenvalue weighted by molar-refractivity contribution is -0.111. The van der Waals surface area contributed by atoms with Gasteiger partial charge in [0, 0.05) is 22.6 Å². The van der Waals surface area contributed by atoms with Gasteiger partial charge in [0.25, 0.3) is 0 Å². The second kappa shape index (κ2) is 7.00. The fourth-order valence-electron chi connectivity index (χ4n) is 0.864. The van der Waals surface area contributed by atoms with E-state index in [0.29, 0.717) is 6.54 Å². The minimum absolute atomic E-state index is 0.0159. The van der Waals surface area contributed by atoms with Crippen molar-refractivity contribution in [2.24, 2.45) is 5.73 Å². The van der Waals surface area contributed by atoms with Gasteiger partial charge < -0.3 is 11.1 Å². The third-order valence-corrected chi connectivity index (χ3v) is 2.32. The maximum atomic E-state index is 10.9. The van der Waals surface area contributed by atoms with Crippen molar-refractivity contribution in [1.82, 2.24) is 5.32 Å². The molecule has 0 aliphatic rings. The summed E-state index contributed by atoms with van der Waals surface area (Å²) in [7, 11) is 1.81. The second-order valence-corrected chi connectivity index (χ2v) is 3.49. The molecule has 3 N–H and O–H groups in total. The van der Waals surface area contributed by atoms with Gasteiger partial charge in [-0.25, -0.2) is 0 Å². The number of unbranched alkanes of at least 4 members (excludes halogenated alkanes) is 1. The van der Waals surface area contributed by atoms with Crippen molar-refractivity contribution in [3.63, 3.8) is 0 Å². The Balaban J connectivity index is 3.44. The standard InChI is InChI=1S/C7H15IN2O/c1-10-6(7(8)11)4-2-3-5-9/h6,10H,2-5,9H2,1H3. The highest BCUT2D eigenvalue weighted by molar-refractivity contribution is 14.1. The summed E-state index contributed by atoms with van der Waals surface area (Å²) in [4.78, 5) is 10.9. The fourth-order valence-corrected chi connectivity index (χ4v) is 1.49. The predicted octanol–water partition coefficient (Wildman–Crippen LogP) is 0.665. The van der Waals surface area contributed by atoms with E-state index in [1.807, 2.05) is 29.6 Å². The minimum atomic E-state index is 0.0159. The van der Waals surface area contributed by atoms with Gasteiger partial charge >= 0.3 is 0 Å². The number of hydrogen-bond acceptors (Lipinski definition) is 3. The monoisotopic (exact) mass is 270 g/mol. The molecular weight excluding hydrogens is 255 g/mol. The molecule has 0 radical (unpaired) electrons. The lowest BCUT2D eigenvalue weighted by Crippen LogP contribution is -2.30. The number of nitrogens with one attached hydrogen (secondary N) is 1. The highest BCUT2D eigenvalue weighted by Crippen LogP contribution is 2.04. The zero-order valence-corrected chi connectivity index (χ0v) is 8.93. The van der Waals surface area contributed by atoms with E-state index in [0.717, 1.165) is 19.3 Å². The Bertz CT molecular complexity index is 119. The van der Waals surface area contributed by atoms with Crippen molar-refractivity contribution in [3.8, 4) is 0 Å². The van der Waals surface area contributed by atoms with Gasteiger partial charge in [0.2, 0.25) is 3.79 Å². The molecular formula is C7H15IN2O. The quantitative estimate of drug-likeness (QED) is 0.423. The number of rotatable bonds is 6. The zero-order valence-electron chi connectivity index (χ0n) is 6.77. The van der Waals surface area contributed by atoms with Crippen molar-refractivity contribution in [2.75, 3.05) is 13.6 Å². The van der Waals surface area contributed by atoms with Gasteiger partial charge in [-0.15, -0.1) is 0 Å². The minimum Gasteiger partial charge on any atom is -0.330 e. The summed E-state index contributed by atoms with van der Waals surface area (Å²) in [6.07, 6.45) is 2.92. The molecule has 0 saturated carbocycles. The van der Waals surface area contributed by atoms with Gasteiger partial charge in [0.15, 0.2) is 0 Å². The van der Waals surface area contributed by atoms with Crippen LogP contribution in [0.3, 0.4) is 0 Å². The first kappa shape index (κ1) is 11.3. The molecule has 0 fully saturated rings. The smallest absolute Gasteiger partial charge is 0.209 e. The molecule has 4 heteroatoms. The summed E-state index contributed by atoms with van der Waals surface area (Å²) in [5.41, 5.74) is 5.33. The van der Waals surface area contributed by atoms with Gasteiger partial charge in [0.05, 0.1) is 6.04 Å². The number of likely N-dealkylation sites (N-methyl/N-ethyl adjacent to an activating group) is 1. The topological polar surface area (TPSA) is 55.1 Å². The first-order valence-electron chi connectivity index (χ1n) is 3.79. The van der Waals surface area contributed by atoms with Crippen LogP contribution in [0, 0.1) is 0 Å². The third kappa shape index (κ3) is 5.57. The molecule has 3 nitrogen and oxygen atoms in total. The maximum absolute atomic E-state index is 10.9. The molecule has 0 spiro atoms. The number of carbonyl (C=O) groups excluding carboxylic acids is 1. The van der Waals surface area contributed by atoms with Crippen LogP contribution in [0.25, 0.3) is 0 Å². The van der Waals surface area contributed by atoms with E-state index in [9.17, 15) is 4.79 Å². The summed E-state index contributed by atoms with van der Waals surface area (Å²) in [5, 5.41) is 2.96. The van der Waals surface area contributed by atoms with Crippen molar-refractivity contribution >= 4 is 26.4 Å². The molecule has 0 aromatic rings. The van der Waals surface area contributed by atoms with Crippen LogP contribution < -0.4 is 11.1 Å². The van der Waals surface area contributed by atoms with Gasteiger partial charge in [-0.2, -0.15) is 0 Å². The summed E-state index contributed by atoms with van der Waals surface area (Å²) in [6.45, 7) is 0.714. The second-order valence-electron chi connectivity index (χ2n) is 2.43. The van der Waals surface area contributed by atoms with Gasteiger partial charge in [-0.1, -0.05) is 6.42 Å². The predicted molar refractivity (Wildman–Crippen MR) is 54.8 cm³/mol. The Labute approximate surface area is 81.2 Å². The normalized spacial score (nSPS) is 13.0. The van der Waals surface area contributed by atoms with Crippen molar-refractivity contribution in [1.29, 1.82) is 0 Å². The van der Waals surface area contributed by atoms with E-state index in [1.165, 1.54) is 0 Å². The number of carbonyl (C=O) groups is 1. The molecule has 0 bridgehead atoms. The van der Waals surface area contributed by atoms with E-state index in [4.69, 9.17) is 5.73 Å². The molecule has 66 valence electrons. The van der Waals surface area contributed by atoms with E-state index in [2.05, 4.69) is 5.32 Å². The van der Waals surface area contributed by atoms with Gasteiger partial charge in [-0.3, -0.25) is 4.79 Å². The molecule has 0 saturated heterocycles. The average molecular weight is 270 g/mol. The highest BCUT2D eigenvalue weighted by Gasteiger charge is 2.11. The lowest BCUT2D eigenvalue weighted by atomic mass is 10.1. The van der Waals surface area contributed by atoms with Crippen LogP contribution in [-0.4, -0.2) is 23.4 Å². The van der Waals surface area contributed by atoms with E-state index < -0.39 is 0 Å². The van der Waals surface area contributed by atoms with Gasteiger partial charge in [0.1, 0.15) is 0 Å². The van der Waals surface area contributed by atoms with Crippen LogP contribution in [0.15, 0.2) is 0 Å². The molecule has 1 atom stereocenters. The molecule has 0 rings (SSSR count). The Morgan fingerprint density at radius 3 is 2.64 bits per heavy atom. The molecule has 0 heterocycles. The molecule has 0 aliphatic heterocycles. The Kier molecular flexibility index (Phi) is 7.20. The van der Waals surface area contributed by atoms with Crippen molar-refractivity contribution in [2.45, 2.75) is 25.3 Å². The molecule has 0 aromatic heterocycles. The first-order valence-corrected chi connectivity index (χ1v) is 4.87. The highest BCUT2D eigenvalue weighted by atomic mass is 127. The third-order valence-electron chi connectivity index (χ3n) is 1.57. The Morgan fingerprint density at radius 2 is 2.27 bits per heavy atom. The molecule has 1 unspecified atom stereocenters. The number of halogens is 1. The summed E-state index contributed by atoms with van der Waals surface area (Å²) < 4.78 is 0.183. The number of hydrogen-bond donors (Lipinski definition) is 2. The van der Waals surface area contributed by atoms with Crippen molar-refractivity contribution in [3.05, 3.63) is 0 Å². The van der Waals surface area contributed by atoms with Gasteiger partial charge in [-0.05, 0) is 26.4 Å². The average Bonchev–Trinajstić information content (AvgIpc) is 1.97. The molecule has 0 aromatic carbocycles. The lowest BCUT2D eigenvalue weighted by Gasteiger charge is -2.09. The first-order chi connectivity index (χ1) is 5.22. The zero-order chi connectivity index (χ0) is 8.69. The number of nitrogens with two attached hydrogens (primary N) is 1. The van der Waals surface area contributed by atoms with E-state index in [1.54, 1.807) is 0 Å². The largest absolute Gasteiger partial charge is 0.330 e. The van der Waals surface area contributed by atoms with Crippen LogP contribution in [-0.2, 0) is 4.79 Å². The van der Waals surface area contributed by atoms with Crippen LogP contribution in [0.5, 0.6) is 0 Å². The molecule has 0 amide bonds. The maximum Gasteiger partial charge on any atom is 0.209 e. The summed E-state index contributed by atoms with van der Waals surface area (Å²) >= 11 is 1.82.